The lowest BCUT2D eigenvalue weighted by molar-refractivity contribution is 0.0730. The largest absolute Gasteiger partial charge is 0.369 e. The molecule has 5 rings (SSSR count). The first kappa shape index (κ1) is 22.7. The molecule has 0 unspecified atom stereocenters. The molecule has 0 spiro atoms. The van der Waals surface area contributed by atoms with Gasteiger partial charge in [-0.1, -0.05) is 66.7 Å². The van der Waals surface area contributed by atoms with E-state index in [9.17, 15) is 4.79 Å². The van der Waals surface area contributed by atoms with E-state index in [1.54, 1.807) is 0 Å². The first-order valence-electron chi connectivity index (χ1n) is 12.6. The number of fused-ring (bicyclic) bond motifs is 1. The lowest BCUT2D eigenvalue weighted by Crippen LogP contribution is -2.46. The number of piperazine rings is 1. The fraction of sp³-hybridized carbons (Fsp3) is 0.367. The van der Waals surface area contributed by atoms with Crippen molar-refractivity contribution in [1.82, 2.24) is 9.80 Å². The Morgan fingerprint density at radius 2 is 1.41 bits per heavy atom. The normalized spacial score (nSPS) is 16.5. The molecule has 4 heteroatoms. The van der Waals surface area contributed by atoms with Crippen LogP contribution >= 0.6 is 0 Å². The minimum atomic E-state index is 0.179. The molecular formula is C30H35N3O. The van der Waals surface area contributed by atoms with Gasteiger partial charge in [0.1, 0.15) is 0 Å². The van der Waals surface area contributed by atoms with Crippen molar-refractivity contribution in [3.63, 3.8) is 0 Å². The Labute approximate surface area is 203 Å². The second-order valence-electron chi connectivity index (χ2n) is 9.86. The lowest BCUT2D eigenvalue weighted by Gasteiger charge is -2.37. The number of benzene rings is 3. The summed E-state index contributed by atoms with van der Waals surface area (Å²) in [7, 11) is 0. The van der Waals surface area contributed by atoms with E-state index >= 15 is 0 Å². The average Bonchev–Trinajstić information content (AvgIpc) is 3.22. The fourth-order valence-corrected chi connectivity index (χ4v) is 5.36. The average molecular weight is 454 g/mol. The second-order valence-corrected chi connectivity index (χ2v) is 9.86. The van der Waals surface area contributed by atoms with Gasteiger partial charge in [0.25, 0.3) is 5.91 Å². The van der Waals surface area contributed by atoms with E-state index < -0.39 is 0 Å². The smallest absolute Gasteiger partial charge is 0.254 e. The number of hydrogen-bond acceptors (Lipinski definition) is 3. The molecule has 0 aromatic heterocycles. The van der Waals surface area contributed by atoms with E-state index in [4.69, 9.17) is 0 Å². The maximum atomic E-state index is 12.8. The molecule has 0 saturated carbocycles. The summed E-state index contributed by atoms with van der Waals surface area (Å²) < 4.78 is 0. The van der Waals surface area contributed by atoms with Crippen LogP contribution in [0.4, 0.5) is 5.69 Å². The van der Waals surface area contributed by atoms with Crippen molar-refractivity contribution in [3.8, 4) is 0 Å². The van der Waals surface area contributed by atoms with E-state index in [0.717, 1.165) is 56.8 Å². The fourth-order valence-electron chi connectivity index (χ4n) is 5.36. The molecule has 2 aliphatic rings. The topological polar surface area (TPSA) is 26.8 Å². The molecule has 0 atom stereocenters. The predicted octanol–water partition coefficient (Wildman–Crippen LogP) is 5.40. The van der Waals surface area contributed by atoms with Gasteiger partial charge in [-0.05, 0) is 55.6 Å². The highest BCUT2D eigenvalue weighted by Crippen LogP contribution is 2.30. The molecular weight excluding hydrogens is 418 g/mol. The number of amides is 1. The summed E-state index contributed by atoms with van der Waals surface area (Å²) in [5, 5.41) is 0. The SMILES string of the molecule is CC(C)N1Cc2ccc(N3CCN(CCC(c4ccccc4)c4ccccc4)CC3)cc2C1=O. The Kier molecular flexibility index (Phi) is 6.68. The predicted molar refractivity (Wildman–Crippen MR) is 139 cm³/mol. The standard InChI is InChI=1S/C30H35N3O/c1-23(2)33-22-26-13-14-27(21-29(26)30(33)34)32-19-17-31(18-20-32)16-15-28(24-9-5-3-6-10-24)25-11-7-4-8-12-25/h3-14,21,23,28H,15-20,22H2,1-2H3. The van der Waals surface area contributed by atoms with Gasteiger partial charge in [0.15, 0.2) is 0 Å². The maximum Gasteiger partial charge on any atom is 0.254 e. The van der Waals surface area contributed by atoms with E-state index in [1.807, 2.05) is 4.90 Å². The highest BCUT2D eigenvalue weighted by atomic mass is 16.2. The van der Waals surface area contributed by atoms with Gasteiger partial charge in [-0.25, -0.2) is 0 Å². The van der Waals surface area contributed by atoms with Crippen molar-refractivity contribution >= 4 is 11.6 Å². The third-order valence-electron chi connectivity index (χ3n) is 7.42. The van der Waals surface area contributed by atoms with Gasteiger partial charge in [-0.15, -0.1) is 0 Å². The van der Waals surface area contributed by atoms with Gasteiger partial charge >= 0.3 is 0 Å². The van der Waals surface area contributed by atoms with Crippen molar-refractivity contribution in [2.75, 3.05) is 37.6 Å². The Morgan fingerprint density at radius 1 is 0.794 bits per heavy atom. The van der Waals surface area contributed by atoms with Gasteiger partial charge < -0.3 is 9.80 Å². The molecule has 1 saturated heterocycles. The van der Waals surface area contributed by atoms with Crippen LogP contribution in [-0.2, 0) is 6.54 Å². The Bertz CT molecular complexity index is 1060. The molecule has 0 radical (unpaired) electrons. The third kappa shape index (κ3) is 4.74. The summed E-state index contributed by atoms with van der Waals surface area (Å²) in [6.45, 7) is 10.1. The van der Waals surface area contributed by atoms with Crippen molar-refractivity contribution in [3.05, 3.63) is 101 Å². The zero-order valence-electron chi connectivity index (χ0n) is 20.4. The summed E-state index contributed by atoms with van der Waals surface area (Å²) in [4.78, 5) is 19.8. The number of anilines is 1. The number of nitrogens with zero attached hydrogens (tertiary/aromatic N) is 3. The maximum absolute atomic E-state index is 12.8. The second kappa shape index (κ2) is 10.0. The van der Waals surface area contributed by atoms with Crippen LogP contribution < -0.4 is 4.90 Å². The monoisotopic (exact) mass is 453 g/mol. The molecule has 3 aromatic carbocycles. The minimum Gasteiger partial charge on any atom is -0.369 e. The molecule has 34 heavy (non-hydrogen) atoms. The molecule has 0 aliphatic carbocycles. The number of carbonyl (C=O) groups is 1. The third-order valence-corrected chi connectivity index (χ3v) is 7.42. The number of carbonyl (C=O) groups excluding carboxylic acids is 1. The zero-order valence-corrected chi connectivity index (χ0v) is 20.4. The summed E-state index contributed by atoms with van der Waals surface area (Å²) in [6.07, 6.45) is 1.12. The zero-order chi connectivity index (χ0) is 23.5. The highest BCUT2D eigenvalue weighted by Gasteiger charge is 2.30. The van der Waals surface area contributed by atoms with Crippen LogP contribution in [0, 0.1) is 0 Å². The lowest BCUT2D eigenvalue weighted by atomic mass is 9.88. The molecule has 4 nitrogen and oxygen atoms in total. The summed E-state index contributed by atoms with van der Waals surface area (Å²) in [5.74, 6) is 0.602. The Balaban J connectivity index is 1.20. The van der Waals surface area contributed by atoms with Crippen LogP contribution in [0.1, 0.15) is 53.2 Å². The van der Waals surface area contributed by atoms with Gasteiger partial charge in [-0.2, -0.15) is 0 Å². The van der Waals surface area contributed by atoms with Gasteiger partial charge in [0.2, 0.25) is 0 Å². The first-order chi connectivity index (χ1) is 16.6. The van der Waals surface area contributed by atoms with Crippen LogP contribution in [0.15, 0.2) is 78.9 Å². The first-order valence-corrected chi connectivity index (χ1v) is 12.6. The van der Waals surface area contributed by atoms with Crippen molar-refractivity contribution in [1.29, 1.82) is 0 Å². The molecule has 2 heterocycles. The summed E-state index contributed by atoms with van der Waals surface area (Å²) >= 11 is 0. The molecule has 1 fully saturated rings. The molecule has 1 amide bonds. The van der Waals surface area contributed by atoms with Crippen LogP contribution in [0.3, 0.4) is 0 Å². The van der Waals surface area contributed by atoms with Crippen LogP contribution in [-0.4, -0.2) is 54.5 Å². The molecule has 0 N–H and O–H groups in total. The van der Waals surface area contributed by atoms with Crippen molar-refractivity contribution in [2.45, 2.75) is 38.8 Å². The van der Waals surface area contributed by atoms with Crippen molar-refractivity contribution in [2.24, 2.45) is 0 Å². The minimum absolute atomic E-state index is 0.179. The van der Waals surface area contributed by atoms with Gasteiger partial charge in [-0.3, -0.25) is 9.69 Å². The number of hydrogen-bond donors (Lipinski definition) is 0. The Hall–Kier alpha value is -3.11. The highest BCUT2D eigenvalue weighted by molar-refractivity contribution is 5.99. The van der Waals surface area contributed by atoms with E-state index in [2.05, 4.69) is 103 Å². The molecule has 2 aliphatic heterocycles. The van der Waals surface area contributed by atoms with E-state index in [0.29, 0.717) is 5.92 Å². The quantitative estimate of drug-likeness (QED) is 0.480. The van der Waals surface area contributed by atoms with E-state index in [-0.39, 0.29) is 11.9 Å². The summed E-state index contributed by atoms with van der Waals surface area (Å²) in [5.41, 5.74) is 6.02. The Morgan fingerprint density at radius 3 is 2.00 bits per heavy atom. The van der Waals surface area contributed by atoms with Gasteiger partial charge in [0.05, 0.1) is 0 Å². The van der Waals surface area contributed by atoms with Crippen LogP contribution in [0.5, 0.6) is 0 Å². The molecule has 176 valence electrons. The summed E-state index contributed by atoms with van der Waals surface area (Å²) in [6, 6.07) is 28.5. The molecule has 0 bridgehead atoms. The van der Waals surface area contributed by atoms with Gasteiger partial charge in [0, 0.05) is 55.9 Å². The van der Waals surface area contributed by atoms with E-state index in [1.165, 1.54) is 16.8 Å². The van der Waals surface area contributed by atoms with Crippen LogP contribution in [0.2, 0.25) is 0 Å². The van der Waals surface area contributed by atoms with Crippen molar-refractivity contribution < 1.29 is 4.79 Å². The molecule has 3 aromatic rings. The van der Waals surface area contributed by atoms with Crippen LogP contribution in [0.25, 0.3) is 0 Å². The number of rotatable bonds is 7.